The first-order valence-corrected chi connectivity index (χ1v) is 8.70. The highest BCUT2D eigenvalue weighted by molar-refractivity contribution is 9.10. The second-order valence-corrected chi connectivity index (χ2v) is 6.22. The summed E-state index contributed by atoms with van der Waals surface area (Å²) in [7, 11) is 0. The van der Waals surface area contributed by atoms with Gasteiger partial charge in [-0.2, -0.15) is 0 Å². The summed E-state index contributed by atoms with van der Waals surface area (Å²) >= 11 is 3.37. The number of halogens is 1. The van der Waals surface area contributed by atoms with Crippen LogP contribution in [0.2, 0.25) is 0 Å². The summed E-state index contributed by atoms with van der Waals surface area (Å²) in [5.41, 5.74) is 2.12. The van der Waals surface area contributed by atoms with Crippen LogP contribution in [0.3, 0.4) is 0 Å². The molecule has 0 bridgehead atoms. The van der Waals surface area contributed by atoms with Crippen LogP contribution in [0.5, 0.6) is 0 Å². The van der Waals surface area contributed by atoms with E-state index in [1.165, 1.54) is 6.92 Å². The van der Waals surface area contributed by atoms with Crippen LogP contribution >= 0.6 is 15.9 Å². The highest BCUT2D eigenvalue weighted by Crippen LogP contribution is 2.21. The zero-order valence-corrected chi connectivity index (χ0v) is 16.0. The number of carbonyl (C=O) groups excluding carboxylic acids is 3. The van der Waals surface area contributed by atoms with Crippen molar-refractivity contribution in [1.29, 1.82) is 0 Å². The fourth-order valence-electron chi connectivity index (χ4n) is 2.13. The van der Waals surface area contributed by atoms with Gasteiger partial charge >= 0.3 is 11.9 Å². The molecule has 0 aliphatic heterocycles. The van der Waals surface area contributed by atoms with Crippen molar-refractivity contribution in [1.82, 2.24) is 0 Å². The maximum Gasteiger partial charge on any atom is 0.338 e. The first-order valence-electron chi connectivity index (χ1n) is 7.91. The summed E-state index contributed by atoms with van der Waals surface area (Å²) < 4.78 is 10.9. The number of esters is 2. The lowest BCUT2D eigenvalue weighted by Gasteiger charge is -2.09. The Morgan fingerprint density at radius 1 is 0.962 bits per heavy atom. The number of carbonyl (C=O) groups is 3. The van der Waals surface area contributed by atoms with Gasteiger partial charge in [0.05, 0.1) is 17.7 Å². The lowest BCUT2D eigenvalue weighted by atomic mass is 10.1. The van der Waals surface area contributed by atoms with Crippen LogP contribution in [0.15, 0.2) is 46.9 Å². The Balaban J connectivity index is 1.98. The number of anilines is 1. The van der Waals surface area contributed by atoms with Crippen molar-refractivity contribution in [3.63, 3.8) is 0 Å². The normalized spacial score (nSPS) is 10.1. The number of hydrogen-bond acceptors (Lipinski definition) is 5. The SMILES string of the molecule is CCOC(=O)c1ccc(COC(=O)c2ccc(NC(C)=O)cc2)c(Br)c1. The summed E-state index contributed by atoms with van der Waals surface area (Å²) in [6.07, 6.45) is 0. The minimum atomic E-state index is -0.485. The van der Waals surface area contributed by atoms with Gasteiger partial charge in [-0.25, -0.2) is 9.59 Å². The third kappa shape index (κ3) is 5.42. The minimum Gasteiger partial charge on any atom is -0.462 e. The second kappa shape index (κ2) is 9.15. The molecule has 0 spiro atoms. The first kappa shape index (κ1) is 19.7. The Morgan fingerprint density at radius 2 is 1.58 bits per heavy atom. The molecule has 2 aromatic rings. The number of amides is 1. The molecular weight excluding hydrogens is 402 g/mol. The van der Waals surface area contributed by atoms with Gasteiger partial charge in [0, 0.05) is 22.6 Å². The van der Waals surface area contributed by atoms with E-state index >= 15 is 0 Å². The van der Waals surface area contributed by atoms with Crippen LogP contribution in [0, 0.1) is 0 Å². The molecular formula is C19H18BrNO5. The van der Waals surface area contributed by atoms with Crippen molar-refractivity contribution in [3.8, 4) is 0 Å². The van der Waals surface area contributed by atoms with E-state index in [1.54, 1.807) is 49.4 Å². The molecule has 0 aliphatic carbocycles. The van der Waals surface area contributed by atoms with Crippen molar-refractivity contribution >= 4 is 39.5 Å². The monoisotopic (exact) mass is 419 g/mol. The maximum atomic E-state index is 12.1. The van der Waals surface area contributed by atoms with Crippen LogP contribution in [0.25, 0.3) is 0 Å². The molecule has 0 aliphatic rings. The fourth-order valence-corrected chi connectivity index (χ4v) is 2.62. The van der Waals surface area contributed by atoms with Crippen LogP contribution in [-0.4, -0.2) is 24.5 Å². The van der Waals surface area contributed by atoms with Crippen molar-refractivity contribution in [2.75, 3.05) is 11.9 Å². The molecule has 0 unspecified atom stereocenters. The summed E-state index contributed by atoms with van der Waals surface area (Å²) in [4.78, 5) is 34.8. The second-order valence-electron chi connectivity index (χ2n) is 5.36. The minimum absolute atomic E-state index is 0.0516. The van der Waals surface area contributed by atoms with E-state index in [-0.39, 0.29) is 12.5 Å². The van der Waals surface area contributed by atoms with Crippen LogP contribution in [0.4, 0.5) is 5.69 Å². The van der Waals surface area contributed by atoms with E-state index in [9.17, 15) is 14.4 Å². The van der Waals surface area contributed by atoms with Crippen molar-refractivity contribution < 1.29 is 23.9 Å². The van der Waals surface area contributed by atoms with E-state index in [0.717, 1.165) is 5.56 Å². The average molecular weight is 420 g/mol. The van der Waals surface area contributed by atoms with Gasteiger partial charge in [-0.3, -0.25) is 4.79 Å². The Morgan fingerprint density at radius 3 is 2.15 bits per heavy atom. The molecule has 0 saturated carbocycles. The van der Waals surface area contributed by atoms with E-state index < -0.39 is 11.9 Å². The van der Waals surface area contributed by atoms with Crippen molar-refractivity contribution in [3.05, 3.63) is 63.6 Å². The molecule has 0 fully saturated rings. The third-order valence-electron chi connectivity index (χ3n) is 3.36. The number of rotatable bonds is 6. The summed E-state index contributed by atoms with van der Waals surface area (Å²) in [6, 6.07) is 11.4. The van der Waals surface area contributed by atoms with Crippen LogP contribution in [0.1, 0.15) is 40.1 Å². The molecule has 0 saturated heterocycles. The van der Waals surface area contributed by atoms with Gasteiger partial charge in [0.15, 0.2) is 0 Å². The number of hydrogen-bond donors (Lipinski definition) is 1. The van der Waals surface area contributed by atoms with Gasteiger partial charge < -0.3 is 14.8 Å². The molecule has 136 valence electrons. The van der Waals surface area contributed by atoms with E-state index in [1.807, 2.05) is 0 Å². The third-order valence-corrected chi connectivity index (χ3v) is 4.10. The molecule has 0 heterocycles. The molecule has 7 heteroatoms. The van der Waals surface area contributed by atoms with Gasteiger partial charge in [0.1, 0.15) is 6.61 Å². The molecule has 0 radical (unpaired) electrons. The predicted octanol–water partition coefficient (Wildman–Crippen LogP) is 3.94. The highest BCUT2D eigenvalue weighted by atomic mass is 79.9. The number of ether oxygens (including phenoxy) is 2. The van der Waals surface area contributed by atoms with Crippen molar-refractivity contribution in [2.45, 2.75) is 20.5 Å². The lowest BCUT2D eigenvalue weighted by molar-refractivity contribution is -0.114. The standard InChI is InChI=1S/C19H18BrNO5/c1-3-25-19(24)14-4-5-15(17(20)10-14)11-26-18(23)13-6-8-16(9-7-13)21-12(2)22/h4-10H,3,11H2,1-2H3,(H,21,22). The Labute approximate surface area is 159 Å². The topological polar surface area (TPSA) is 81.7 Å². The molecule has 1 amide bonds. The Hall–Kier alpha value is -2.67. The predicted molar refractivity (Wildman–Crippen MR) is 100.0 cm³/mol. The molecule has 26 heavy (non-hydrogen) atoms. The van der Waals surface area contributed by atoms with Crippen LogP contribution < -0.4 is 5.32 Å². The van der Waals surface area contributed by atoms with Gasteiger partial charge in [-0.05, 0) is 43.3 Å². The largest absolute Gasteiger partial charge is 0.462 e. The van der Waals surface area contributed by atoms with Crippen molar-refractivity contribution in [2.24, 2.45) is 0 Å². The zero-order valence-electron chi connectivity index (χ0n) is 14.4. The smallest absolute Gasteiger partial charge is 0.338 e. The summed E-state index contributed by atoms with van der Waals surface area (Å²) in [5, 5.41) is 2.62. The van der Waals surface area contributed by atoms with Gasteiger partial charge in [0.2, 0.25) is 5.91 Å². The summed E-state index contributed by atoms with van der Waals surface area (Å²) in [6.45, 7) is 3.50. The molecule has 2 aromatic carbocycles. The average Bonchev–Trinajstić information content (AvgIpc) is 2.60. The quantitative estimate of drug-likeness (QED) is 0.716. The molecule has 1 N–H and O–H groups in total. The summed E-state index contributed by atoms with van der Waals surface area (Å²) in [5.74, 6) is -1.08. The Kier molecular flexibility index (Phi) is 6.91. The fraction of sp³-hybridized carbons (Fsp3) is 0.211. The first-order chi connectivity index (χ1) is 12.4. The van der Waals surface area contributed by atoms with Gasteiger partial charge in [0.25, 0.3) is 0 Å². The molecule has 6 nitrogen and oxygen atoms in total. The van der Waals surface area contributed by atoms with Crippen LogP contribution in [-0.2, 0) is 20.9 Å². The van der Waals surface area contributed by atoms with Gasteiger partial charge in [-0.15, -0.1) is 0 Å². The molecule has 0 aromatic heterocycles. The number of nitrogens with one attached hydrogen (secondary N) is 1. The maximum absolute atomic E-state index is 12.1. The highest BCUT2D eigenvalue weighted by Gasteiger charge is 2.12. The van der Waals surface area contributed by atoms with E-state index in [2.05, 4.69) is 21.2 Å². The zero-order chi connectivity index (χ0) is 19.1. The lowest BCUT2D eigenvalue weighted by Crippen LogP contribution is -2.08. The van der Waals surface area contributed by atoms with E-state index in [0.29, 0.717) is 27.9 Å². The molecule has 0 atom stereocenters. The number of benzene rings is 2. The Bertz CT molecular complexity index is 817. The molecule has 2 rings (SSSR count). The van der Waals surface area contributed by atoms with Gasteiger partial charge in [-0.1, -0.05) is 22.0 Å². The van der Waals surface area contributed by atoms with E-state index in [4.69, 9.17) is 9.47 Å².